The Morgan fingerprint density at radius 3 is 2.54 bits per heavy atom. The van der Waals surface area contributed by atoms with E-state index in [9.17, 15) is 26.6 Å². The zero-order chi connectivity index (χ0) is 25.4. The van der Waals surface area contributed by atoms with Gasteiger partial charge in [0.25, 0.3) is 15.1 Å². The Labute approximate surface area is 219 Å². The molecule has 8 nitrogen and oxygen atoms in total. The summed E-state index contributed by atoms with van der Waals surface area (Å²) in [6.45, 7) is 2.86. The Hall–Kier alpha value is -1.35. The zero-order valence-electron chi connectivity index (χ0n) is 18.8. The molecule has 0 fully saturated rings. The SMILES string of the molecule is Cc1ccc2c(c1)N(CCCS(O)(O)O)C(=Cc1sc3ccc(Cl)cc3[n+]1CCCS(=O)(=O)O)S2. The first-order valence-electron chi connectivity index (χ1n) is 10.7. The molecule has 0 spiro atoms. The topological polar surface area (TPSA) is 122 Å². The molecule has 35 heavy (non-hydrogen) atoms. The van der Waals surface area contributed by atoms with Crippen molar-refractivity contribution in [1.82, 2.24) is 0 Å². The van der Waals surface area contributed by atoms with E-state index in [4.69, 9.17) is 11.6 Å². The molecule has 1 aliphatic rings. The summed E-state index contributed by atoms with van der Waals surface area (Å²) >= 11 is 9.38. The Morgan fingerprint density at radius 2 is 1.83 bits per heavy atom. The lowest BCUT2D eigenvalue weighted by atomic mass is 10.2. The molecular formula is C22H26ClN2O6S4+. The van der Waals surface area contributed by atoms with Crippen LogP contribution in [0.2, 0.25) is 5.02 Å². The second-order valence-electron chi connectivity index (χ2n) is 8.24. The van der Waals surface area contributed by atoms with Crippen LogP contribution >= 0.6 is 45.6 Å². The predicted molar refractivity (Wildman–Crippen MR) is 145 cm³/mol. The van der Waals surface area contributed by atoms with E-state index < -0.39 is 21.0 Å². The molecule has 0 amide bonds. The number of rotatable bonds is 9. The van der Waals surface area contributed by atoms with Gasteiger partial charge in [0.15, 0.2) is 6.54 Å². The number of anilines is 1. The molecule has 0 radical (unpaired) electrons. The lowest BCUT2D eigenvalue weighted by Gasteiger charge is -2.23. The van der Waals surface area contributed by atoms with Crippen LogP contribution in [0.25, 0.3) is 16.3 Å². The quantitative estimate of drug-likeness (QED) is 0.182. The summed E-state index contributed by atoms with van der Waals surface area (Å²) in [4.78, 5) is 3.16. The first-order valence-corrected chi connectivity index (χ1v) is 16.0. The number of hydrogen-bond donors (Lipinski definition) is 4. The van der Waals surface area contributed by atoms with E-state index in [1.54, 1.807) is 23.1 Å². The van der Waals surface area contributed by atoms with E-state index >= 15 is 0 Å². The molecule has 1 aromatic heterocycles. The lowest BCUT2D eigenvalue weighted by molar-refractivity contribution is -0.668. The fraction of sp³-hybridized carbons (Fsp3) is 0.318. The van der Waals surface area contributed by atoms with Crippen molar-refractivity contribution in [3.8, 4) is 0 Å². The minimum atomic E-state index is -4.07. The van der Waals surface area contributed by atoms with E-state index in [1.807, 2.05) is 47.9 Å². The average molecular weight is 578 g/mol. The third-order valence-electron chi connectivity index (χ3n) is 5.41. The van der Waals surface area contributed by atoms with Gasteiger partial charge in [-0.05, 0) is 43.2 Å². The third-order valence-corrected chi connectivity index (χ3v) is 9.51. The molecule has 0 saturated carbocycles. The van der Waals surface area contributed by atoms with Crippen LogP contribution in [-0.2, 0) is 16.7 Å². The molecule has 1 aliphatic heterocycles. The van der Waals surface area contributed by atoms with Crippen LogP contribution in [-0.4, -0.2) is 44.7 Å². The van der Waals surface area contributed by atoms with Crippen molar-refractivity contribution < 1.29 is 31.2 Å². The van der Waals surface area contributed by atoms with Gasteiger partial charge < -0.3 is 18.6 Å². The van der Waals surface area contributed by atoms with Crippen LogP contribution in [0.5, 0.6) is 0 Å². The Bertz CT molecular complexity index is 1380. The summed E-state index contributed by atoms with van der Waals surface area (Å²) in [5.41, 5.74) is 2.98. The molecule has 0 aliphatic carbocycles. The van der Waals surface area contributed by atoms with Gasteiger partial charge in [-0.25, -0.2) is 0 Å². The van der Waals surface area contributed by atoms with Gasteiger partial charge in [-0.2, -0.15) is 13.0 Å². The van der Waals surface area contributed by atoms with Gasteiger partial charge in [-0.15, -0.1) is 0 Å². The fourth-order valence-electron chi connectivity index (χ4n) is 3.89. The van der Waals surface area contributed by atoms with Crippen molar-refractivity contribution in [3.63, 3.8) is 0 Å². The number of nitrogens with zero attached hydrogens (tertiary/aromatic N) is 2. The van der Waals surface area contributed by atoms with Gasteiger partial charge in [0.1, 0.15) is 4.70 Å². The number of benzene rings is 2. The molecule has 4 N–H and O–H groups in total. The number of aryl methyl sites for hydroxylation is 2. The molecule has 190 valence electrons. The fourth-order valence-corrected chi connectivity index (χ4v) is 7.35. The van der Waals surface area contributed by atoms with E-state index in [0.29, 0.717) is 24.5 Å². The Kier molecular flexibility index (Phi) is 8.06. The van der Waals surface area contributed by atoms with Gasteiger partial charge in [-0.3, -0.25) is 4.55 Å². The van der Waals surface area contributed by atoms with Gasteiger partial charge in [-0.1, -0.05) is 40.8 Å². The molecule has 2 heterocycles. The minimum absolute atomic E-state index is 0.111. The number of hydrogen-bond acceptors (Lipinski definition) is 8. The molecule has 0 unspecified atom stereocenters. The molecular weight excluding hydrogens is 552 g/mol. The second kappa shape index (κ2) is 10.6. The highest BCUT2D eigenvalue weighted by Crippen LogP contribution is 2.47. The van der Waals surface area contributed by atoms with Gasteiger partial charge in [0, 0.05) is 34.7 Å². The van der Waals surface area contributed by atoms with Crippen LogP contribution in [0, 0.1) is 6.92 Å². The minimum Gasteiger partial charge on any atom is -0.335 e. The summed E-state index contributed by atoms with van der Waals surface area (Å²) in [6, 6.07) is 11.7. The number of thiazole rings is 1. The molecule has 4 rings (SSSR count). The molecule has 0 atom stereocenters. The first kappa shape index (κ1) is 26.7. The summed E-state index contributed by atoms with van der Waals surface area (Å²) in [5.74, 6) is -0.452. The van der Waals surface area contributed by atoms with Crippen LogP contribution in [0.1, 0.15) is 23.4 Å². The van der Waals surface area contributed by atoms with Gasteiger partial charge >= 0.3 is 0 Å². The maximum Gasteiger partial charge on any atom is 0.265 e. The largest absolute Gasteiger partial charge is 0.335 e. The molecule has 0 saturated heterocycles. The van der Waals surface area contributed by atoms with Crippen molar-refractivity contribution >= 4 is 77.7 Å². The van der Waals surface area contributed by atoms with E-state index in [2.05, 4.69) is 11.0 Å². The summed E-state index contributed by atoms with van der Waals surface area (Å²) in [6.07, 6.45) is 2.64. The average Bonchev–Trinajstić information content (AvgIpc) is 3.24. The molecule has 2 aromatic carbocycles. The standard InChI is InChI=1S/C22H25ClN2O6S4/c1-15-4-6-19-17(12-15)24(8-2-10-34(26,27)28)21(32-19)14-22-25(9-3-11-35(29,30)31)18-13-16(23)5-7-20(18)33-22/h4-7,12-14H,2-3,8-11H2,1H3,(H3-,26,27,28,29,30,31)/p+1. The monoisotopic (exact) mass is 577 g/mol. The van der Waals surface area contributed by atoms with Gasteiger partial charge in [0.05, 0.1) is 33.4 Å². The normalized spacial score (nSPS) is 15.8. The second-order valence-corrected chi connectivity index (χ2v) is 14.0. The van der Waals surface area contributed by atoms with Crippen LogP contribution < -0.4 is 9.47 Å². The molecule has 3 aromatic rings. The van der Waals surface area contributed by atoms with Crippen molar-refractivity contribution in [3.05, 3.63) is 57.0 Å². The highest BCUT2D eigenvalue weighted by atomic mass is 35.5. The van der Waals surface area contributed by atoms with E-state index in [-0.39, 0.29) is 17.9 Å². The maximum atomic E-state index is 11.3. The van der Waals surface area contributed by atoms with Crippen LogP contribution in [0.15, 0.2) is 46.3 Å². The first-order chi connectivity index (χ1) is 16.4. The maximum absolute atomic E-state index is 11.3. The summed E-state index contributed by atoms with van der Waals surface area (Å²) < 4.78 is 62.9. The third kappa shape index (κ3) is 6.90. The number of fused-ring (bicyclic) bond motifs is 2. The smallest absolute Gasteiger partial charge is 0.265 e. The van der Waals surface area contributed by atoms with Crippen molar-refractivity contribution in [2.75, 3.05) is 23.0 Å². The number of thioether (sulfide) groups is 1. The summed E-state index contributed by atoms with van der Waals surface area (Å²) in [7, 11) is -7.63. The van der Waals surface area contributed by atoms with Crippen molar-refractivity contribution in [1.29, 1.82) is 0 Å². The van der Waals surface area contributed by atoms with E-state index in [1.165, 1.54) is 0 Å². The van der Waals surface area contributed by atoms with E-state index in [0.717, 1.165) is 36.4 Å². The number of halogens is 1. The predicted octanol–water partition coefficient (Wildman–Crippen LogP) is 5.95. The Morgan fingerprint density at radius 1 is 1.06 bits per heavy atom. The van der Waals surface area contributed by atoms with Crippen molar-refractivity contribution in [2.24, 2.45) is 0 Å². The van der Waals surface area contributed by atoms with Crippen molar-refractivity contribution in [2.45, 2.75) is 31.2 Å². The Balaban J connectivity index is 1.72. The number of aromatic nitrogens is 1. The highest BCUT2D eigenvalue weighted by molar-refractivity contribution is 8.19. The molecule has 0 bridgehead atoms. The van der Waals surface area contributed by atoms with Crippen LogP contribution in [0.3, 0.4) is 0 Å². The highest BCUT2D eigenvalue weighted by Gasteiger charge is 2.28. The summed E-state index contributed by atoms with van der Waals surface area (Å²) in [5, 5.41) is 2.39. The molecule has 13 heteroatoms. The lowest BCUT2D eigenvalue weighted by Crippen LogP contribution is -2.36. The zero-order valence-corrected chi connectivity index (χ0v) is 22.8. The van der Waals surface area contributed by atoms with Crippen LogP contribution in [0.4, 0.5) is 5.69 Å². The van der Waals surface area contributed by atoms with Gasteiger partial charge in [0.2, 0.25) is 5.52 Å².